The molecule has 7 nitrogen and oxygen atoms in total. The Morgan fingerprint density at radius 2 is 2.26 bits per heavy atom. The van der Waals surface area contributed by atoms with Gasteiger partial charge in [-0.3, -0.25) is 4.79 Å². The predicted octanol–water partition coefficient (Wildman–Crippen LogP) is 4.61. The molecule has 3 aromatic rings. The van der Waals surface area contributed by atoms with Gasteiger partial charge in [-0.05, 0) is 44.9 Å². The van der Waals surface area contributed by atoms with Gasteiger partial charge in [0.25, 0.3) is 0 Å². The van der Waals surface area contributed by atoms with E-state index in [0.717, 1.165) is 38.6 Å². The molecule has 158 valence electrons. The number of amides is 1. The molecule has 0 fully saturated rings. The molecule has 0 saturated heterocycles. The summed E-state index contributed by atoms with van der Waals surface area (Å²) in [6, 6.07) is 6.31. The molecule has 31 heavy (non-hydrogen) atoms. The molecule has 0 aliphatic carbocycles. The molecule has 3 aromatic heterocycles. The highest BCUT2D eigenvalue weighted by atomic mass is 32.1. The molecule has 0 unspecified atom stereocenters. The van der Waals surface area contributed by atoms with Crippen molar-refractivity contribution in [2.24, 2.45) is 0 Å². The van der Waals surface area contributed by atoms with E-state index in [1.807, 2.05) is 49.9 Å². The van der Waals surface area contributed by atoms with E-state index in [0.29, 0.717) is 18.9 Å². The first-order valence-electron chi connectivity index (χ1n) is 10.1. The van der Waals surface area contributed by atoms with E-state index < -0.39 is 5.54 Å². The first-order valence-corrected chi connectivity index (χ1v) is 10.9. The third-order valence-electron chi connectivity index (χ3n) is 5.36. The van der Waals surface area contributed by atoms with Gasteiger partial charge in [-0.15, -0.1) is 11.3 Å². The lowest BCUT2D eigenvalue weighted by Gasteiger charge is -2.27. The second-order valence-electron chi connectivity index (χ2n) is 8.03. The van der Waals surface area contributed by atoms with Gasteiger partial charge in [0.15, 0.2) is 5.13 Å². The van der Waals surface area contributed by atoms with Crippen LogP contribution in [0.1, 0.15) is 30.8 Å². The van der Waals surface area contributed by atoms with Crippen molar-refractivity contribution < 1.29 is 4.79 Å². The highest BCUT2D eigenvalue weighted by Gasteiger charge is 2.25. The van der Waals surface area contributed by atoms with E-state index in [1.54, 1.807) is 16.2 Å². The summed E-state index contributed by atoms with van der Waals surface area (Å²) in [4.78, 5) is 24.4. The van der Waals surface area contributed by atoms with Crippen LogP contribution in [0.15, 0.2) is 43.3 Å². The van der Waals surface area contributed by atoms with Crippen LogP contribution in [0, 0.1) is 18.3 Å². The number of rotatable bonds is 5. The number of carbonyl (C=O) groups is 1. The standard InChI is InChI=1S/C23H24N6OS/c1-5-20(30)28-9-6-7-16(13-28)21-17-8-10-29(23(3,4)14-24)18(17)11-19(26-21)27-22-25-12-15(2)31-22/h5,7-8,10-12H,1,6,9,13H2,2-4H3,(H,25,26,27). The molecular weight excluding hydrogens is 408 g/mol. The SMILES string of the molecule is C=CC(=O)N1CCC=C(c2nc(Nc3ncc(C)s3)cc3c2ccn3C(C)(C)C#N)C1. The molecule has 0 radical (unpaired) electrons. The van der Waals surface area contributed by atoms with Gasteiger partial charge in [-0.1, -0.05) is 12.7 Å². The molecule has 0 saturated carbocycles. The van der Waals surface area contributed by atoms with Crippen molar-refractivity contribution in [2.45, 2.75) is 32.7 Å². The maximum absolute atomic E-state index is 12.2. The lowest BCUT2D eigenvalue weighted by Crippen LogP contribution is -2.34. The van der Waals surface area contributed by atoms with Crippen LogP contribution in [0.4, 0.5) is 10.9 Å². The Bertz CT molecular complexity index is 1240. The second-order valence-corrected chi connectivity index (χ2v) is 9.26. The highest BCUT2D eigenvalue weighted by Crippen LogP contribution is 2.33. The fourth-order valence-electron chi connectivity index (χ4n) is 3.74. The Morgan fingerprint density at radius 3 is 2.94 bits per heavy atom. The minimum atomic E-state index is -0.721. The van der Waals surface area contributed by atoms with Crippen molar-refractivity contribution in [1.29, 1.82) is 5.26 Å². The second kappa shape index (κ2) is 8.00. The summed E-state index contributed by atoms with van der Waals surface area (Å²) in [6.45, 7) is 10.5. The van der Waals surface area contributed by atoms with Crippen molar-refractivity contribution in [2.75, 3.05) is 18.4 Å². The van der Waals surface area contributed by atoms with Crippen LogP contribution in [0.5, 0.6) is 0 Å². The molecule has 0 bridgehead atoms. The largest absolute Gasteiger partial charge is 0.334 e. The van der Waals surface area contributed by atoms with Crippen LogP contribution in [-0.4, -0.2) is 38.4 Å². The Morgan fingerprint density at radius 1 is 1.45 bits per heavy atom. The van der Waals surface area contributed by atoms with Gasteiger partial charge in [-0.2, -0.15) is 5.26 Å². The molecule has 1 amide bonds. The Hall–Kier alpha value is -3.44. The van der Waals surface area contributed by atoms with Crippen molar-refractivity contribution in [3.8, 4) is 6.07 Å². The lowest BCUT2D eigenvalue weighted by atomic mass is 10.0. The van der Waals surface area contributed by atoms with Gasteiger partial charge in [-0.25, -0.2) is 9.97 Å². The van der Waals surface area contributed by atoms with Gasteiger partial charge in [0.1, 0.15) is 11.4 Å². The van der Waals surface area contributed by atoms with Crippen LogP contribution >= 0.6 is 11.3 Å². The molecule has 4 rings (SSSR count). The third-order valence-corrected chi connectivity index (χ3v) is 6.19. The number of nitriles is 1. The van der Waals surface area contributed by atoms with Gasteiger partial charge in [0.05, 0.1) is 17.3 Å². The number of hydrogen-bond donors (Lipinski definition) is 1. The number of anilines is 2. The molecule has 0 atom stereocenters. The maximum atomic E-state index is 12.2. The first kappa shape index (κ1) is 20.8. The van der Waals surface area contributed by atoms with Crippen LogP contribution < -0.4 is 5.32 Å². The molecule has 4 heterocycles. The smallest absolute Gasteiger partial charge is 0.246 e. The fourth-order valence-corrected chi connectivity index (χ4v) is 4.41. The van der Waals surface area contributed by atoms with Gasteiger partial charge in [0, 0.05) is 41.8 Å². The number of aromatic nitrogens is 3. The topological polar surface area (TPSA) is 86.8 Å². The number of pyridine rings is 1. The van der Waals surface area contributed by atoms with Crippen molar-refractivity contribution >= 4 is 44.7 Å². The van der Waals surface area contributed by atoms with E-state index in [9.17, 15) is 10.1 Å². The zero-order chi connectivity index (χ0) is 22.2. The number of thiazole rings is 1. The van der Waals surface area contributed by atoms with E-state index in [4.69, 9.17) is 4.98 Å². The summed E-state index contributed by atoms with van der Waals surface area (Å²) in [5.41, 5.74) is 1.97. The summed E-state index contributed by atoms with van der Waals surface area (Å²) in [5, 5.41) is 14.7. The van der Waals surface area contributed by atoms with Gasteiger partial charge < -0.3 is 14.8 Å². The number of aryl methyl sites for hydroxylation is 1. The zero-order valence-electron chi connectivity index (χ0n) is 17.8. The van der Waals surface area contributed by atoms with Crippen LogP contribution in [0.25, 0.3) is 16.5 Å². The van der Waals surface area contributed by atoms with E-state index in [-0.39, 0.29) is 5.91 Å². The number of hydrogen-bond acceptors (Lipinski definition) is 6. The van der Waals surface area contributed by atoms with Gasteiger partial charge >= 0.3 is 0 Å². The summed E-state index contributed by atoms with van der Waals surface area (Å²) >= 11 is 1.55. The third kappa shape index (κ3) is 3.97. The molecule has 1 aliphatic rings. The Labute approximate surface area is 185 Å². The normalized spacial score (nSPS) is 14.3. The van der Waals surface area contributed by atoms with Crippen molar-refractivity contribution in [3.63, 3.8) is 0 Å². The van der Waals surface area contributed by atoms with E-state index >= 15 is 0 Å². The highest BCUT2D eigenvalue weighted by molar-refractivity contribution is 7.15. The average Bonchev–Trinajstić information content (AvgIpc) is 3.39. The molecule has 1 aliphatic heterocycles. The molecule has 8 heteroatoms. The minimum absolute atomic E-state index is 0.0856. The quantitative estimate of drug-likeness (QED) is 0.595. The van der Waals surface area contributed by atoms with Gasteiger partial charge in [0.2, 0.25) is 5.91 Å². The predicted molar refractivity (Wildman–Crippen MR) is 124 cm³/mol. The zero-order valence-corrected chi connectivity index (χ0v) is 18.7. The summed E-state index contributed by atoms with van der Waals surface area (Å²) < 4.78 is 1.96. The molecule has 1 N–H and O–H groups in total. The number of nitrogens with zero attached hydrogens (tertiary/aromatic N) is 5. The van der Waals surface area contributed by atoms with Crippen LogP contribution in [0.2, 0.25) is 0 Å². The summed E-state index contributed by atoms with van der Waals surface area (Å²) in [7, 11) is 0. The van der Waals surface area contributed by atoms with Crippen LogP contribution in [0.3, 0.4) is 0 Å². The Kier molecular flexibility index (Phi) is 5.38. The number of nitrogens with one attached hydrogen (secondary N) is 1. The summed E-state index contributed by atoms with van der Waals surface area (Å²) in [5.74, 6) is 0.566. The van der Waals surface area contributed by atoms with E-state index in [1.165, 1.54) is 6.08 Å². The monoisotopic (exact) mass is 432 g/mol. The van der Waals surface area contributed by atoms with Crippen molar-refractivity contribution in [3.05, 3.63) is 53.8 Å². The minimum Gasteiger partial charge on any atom is -0.334 e. The van der Waals surface area contributed by atoms with Crippen LogP contribution in [-0.2, 0) is 10.3 Å². The summed E-state index contributed by atoms with van der Waals surface area (Å²) in [6.07, 6.45) is 7.98. The molecule has 0 aromatic carbocycles. The molecule has 0 spiro atoms. The Balaban J connectivity index is 1.85. The lowest BCUT2D eigenvalue weighted by molar-refractivity contribution is -0.125. The average molecular weight is 433 g/mol. The maximum Gasteiger partial charge on any atom is 0.246 e. The fraction of sp³-hybridized carbons (Fsp3) is 0.304. The number of fused-ring (bicyclic) bond motifs is 1. The van der Waals surface area contributed by atoms with E-state index in [2.05, 4.69) is 29.0 Å². The number of carbonyl (C=O) groups excluding carboxylic acids is 1. The van der Waals surface area contributed by atoms with Crippen molar-refractivity contribution in [1.82, 2.24) is 19.4 Å². The molecular formula is C23H24N6OS. The first-order chi connectivity index (χ1) is 14.8.